The van der Waals surface area contributed by atoms with Gasteiger partial charge in [0.25, 0.3) is 0 Å². The summed E-state index contributed by atoms with van der Waals surface area (Å²) in [7, 11) is 0. The molecule has 0 amide bonds. The Morgan fingerprint density at radius 2 is 1.67 bits per heavy atom. The van der Waals surface area contributed by atoms with Crippen LogP contribution in [0.4, 0.5) is 0 Å². The van der Waals surface area contributed by atoms with Gasteiger partial charge in [0.2, 0.25) is 0 Å². The van der Waals surface area contributed by atoms with Gasteiger partial charge in [0.1, 0.15) is 0 Å². The minimum Gasteiger partial charge on any atom is -0.396 e. The van der Waals surface area contributed by atoms with Crippen LogP contribution in [0.2, 0.25) is 0 Å². The fourth-order valence-corrected chi connectivity index (χ4v) is 1.36. The van der Waals surface area contributed by atoms with E-state index in [-0.39, 0.29) is 6.61 Å². The molecule has 12 heavy (non-hydrogen) atoms. The van der Waals surface area contributed by atoms with Crippen LogP contribution >= 0.6 is 0 Å². The van der Waals surface area contributed by atoms with Gasteiger partial charge in [-0.15, -0.1) is 0 Å². The van der Waals surface area contributed by atoms with Crippen molar-refractivity contribution in [1.82, 2.24) is 0 Å². The lowest BCUT2D eigenvalue weighted by molar-refractivity contribution is 0.200. The molecule has 0 aromatic carbocycles. The highest BCUT2D eigenvalue weighted by atomic mass is 16.3. The summed E-state index contributed by atoms with van der Waals surface area (Å²) in [4.78, 5) is 0. The Labute approximate surface area is 75.6 Å². The number of aliphatic hydroxyl groups excluding tert-OH is 2. The molecule has 0 aromatic rings. The normalized spacial score (nSPS) is 13.2. The predicted octanol–water partition coefficient (Wildman–Crippen LogP) is 1.95. The predicted molar refractivity (Wildman–Crippen MR) is 51.0 cm³/mol. The van der Waals surface area contributed by atoms with E-state index in [1.54, 1.807) is 0 Å². The van der Waals surface area contributed by atoms with E-state index in [9.17, 15) is 0 Å². The molecule has 0 heterocycles. The summed E-state index contributed by atoms with van der Waals surface area (Å²) in [6, 6.07) is 0. The lowest BCUT2D eigenvalue weighted by Crippen LogP contribution is -2.06. The average Bonchev–Trinajstić information content (AvgIpc) is 2.11. The molecule has 0 bridgehead atoms. The lowest BCUT2D eigenvalue weighted by atomic mass is 9.97. The van der Waals surface area contributed by atoms with Crippen molar-refractivity contribution in [3.8, 4) is 0 Å². The molecular weight excluding hydrogens is 152 g/mol. The number of hydrogen-bond acceptors (Lipinski definition) is 2. The first kappa shape index (κ1) is 11.9. The van der Waals surface area contributed by atoms with E-state index >= 15 is 0 Å². The highest BCUT2D eigenvalue weighted by Crippen LogP contribution is 2.14. The van der Waals surface area contributed by atoms with Gasteiger partial charge in [0, 0.05) is 13.2 Å². The molecule has 0 rings (SSSR count). The van der Waals surface area contributed by atoms with Gasteiger partial charge >= 0.3 is 0 Å². The SMILES string of the molecule is CCCC[C@H](CO)CCCCO. The quantitative estimate of drug-likeness (QED) is 0.552. The zero-order valence-electron chi connectivity index (χ0n) is 8.13. The molecule has 0 fully saturated rings. The topological polar surface area (TPSA) is 40.5 Å². The number of unbranched alkanes of at least 4 members (excludes halogenated alkanes) is 2. The Morgan fingerprint density at radius 3 is 2.17 bits per heavy atom. The van der Waals surface area contributed by atoms with E-state index in [0.29, 0.717) is 12.5 Å². The van der Waals surface area contributed by atoms with Gasteiger partial charge < -0.3 is 10.2 Å². The van der Waals surface area contributed by atoms with E-state index in [2.05, 4.69) is 6.92 Å². The van der Waals surface area contributed by atoms with Crippen LogP contribution < -0.4 is 0 Å². The fraction of sp³-hybridized carbons (Fsp3) is 1.00. The van der Waals surface area contributed by atoms with Crippen molar-refractivity contribution in [3.05, 3.63) is 0 Å². The molecule has 0 aliphatic rings. The van der Waals surface area contributed by atoms with Crippen LogP contribution in [-0.2, 0) is 0 Å². The number of rotatable bonds is 8. The average molecular weight is 174 g/mol. The van der Waals surface area contributed by atoms with Crippen molar-refractivity contribution in [1.29, 1.82) is 0 Å². The summed E-state index contributed by atoms with van der Waals surface area (Å²) in [5, 5.41) is 17.6. The lowest BCUT2D eigenvalue weighted by Gasteiger charge is -2.12. The van der Waals surface area contributed by atoms with Crippen LogP contribution in [0.5, 0.6) is 0 Å². The van der Waals surface area contributed by atoms with Crippen molar-refractivity contribution in [2.24, 2.45) is 5.92 Å². The first-order valence-corrected chi connectivity index (χ1v) is 5.06. The van der Waals surface area contributed by atoms with E-state index in [0.717, 1.165) is 25.7 Å². The largest absolute Gasteiger partial charge is 0.396 e. The third kappa shape index (κ3) is 6.62. The van der Waals surface area contributed by atoms with Crippen molar-refractivity contribution in [2.75, 3.05) is 13.2 Å². The highest BCUT2D eigenvalue weighted by molar-refractivity contribution is 4.57. The monoisotopic (exact) mass is 174 g/mol. The fourth-order valence-electron chi connectivity index (χ4n) is 1.36. The molecule has 0 aromatic heterocycles. The molecule has 74 valence electrons. The third-order valence-corrected chi connectivity index (χ3v) is 2.24. The molecule has 1 atom stereocenters. The van der Waals surface area contributed by atoms with Gasteiger partial charge in [0.15, 0.2) is 0 Å². The Balaban J connectivity index is 3.26. The van der Waals surface area contributed by atoms with Gasteiger partial charge in [-0.2, -0.15) is 0 Å². The second-order valence-corrected chi connectivity index (χ2v) is 3.41. The maximum Gasteiger partial charge on any atom is 0.0459 e. The van der Waals surface area contributed by atoms with Crippen LogP contribution in [0.25, 0.3) is 0 Å². The van der Waals surface area contributed by atoms with Gasteiger partial charge in [-0.1, -0.05) is 26.2 Å². The zero-order valence-corrected chi connectivity index (χ0v) is 8.13. The molecule has 2 nitrogen and oxygen atoms in total. The van der Waals surface area contributed by atoms with Gasteiger partial charge in [0.05, 0.1) is 0 Å². The van der Waals surface area contributed by atoms with Gasteiger partial charge in [-0.05, 0) is 25.2 Å². The van der Waals surface area contributed by atoms with Crippen LogP contribution in [0.1, 0.15) is 45.4 Å². The van der Waals surface area contributed by atoms with Crippen molar-refractivity contribution in [2.45, 2.75) is 45.4 Å². The Morgan fingerprint density at radius 1 is 1.00 bits per heavy atom. The van der Waals surface area contributed by atoms with Crippen molar-refractivity contribution in [3.63, 3.8) is 0 Å². The maximum absolute atomic E-state index is 8.99. The van der Waals surface area contributed by atoms with Crippen LogP contribution in [0.3, 0.4) is 0 Å². The van der Waals surface area contributed by atoms with Gasteiger partial charge in [-0.3, -0.25) is 0 Å². The molecule has 0 saturated carbocycles. The van der Waals surface area contributed by atoms with Crippen molar-refractivity contribution < 1.29 is 10.2 Å². The standard InChI is InChI=1S/C10H22O2/c1-2-3-6-10(9-12)7-4-5-8-11/h10-12H,2-9H2,1H3/t10-/m0/s1. The first-order valence-electron chi connectivity index (χ1n) is 5.06. The first-order chi connectivity index (χ1) is 5.85. The molecule has 2 heteroatoms. The Hall–Kier alpha value is -0.0800. The summed E-state index contributed by atoms with van der Waals surface area (Å²) in [6.45, 7) is 2.76. The summed E-state index contributed by atoms with van der Waals surface area (Å²) < 4.78 is 0. The second-order valence-electron chi connectivity index (χ2n) is 3.41. The van der Waals surface area contributed by atoms with Crippen LogP contribution in [0.15, 0.2) is 0 Å². The van der Waals surface area contributed by atoms with Crippen LogP contribution in [-0.4, -0.2) is 23.4 Å². The molecule has 0 aliphatic carbocycles. The number of hydrogen-bond donors (Lipinski definition) is 2. The second kappa shape index (κ2) is 9.01. The summed E-state index contributed by atoms with van der Waals surface area (Å²) in [6.07, 6.45) is 6.55. The van der Waals surface area contributed by atoms with E-state index in [1.165, 1.54) is 12.8 Å². The van der Waals surface area contributed by atoms with E-state index in [4.69, 9.17) is 10.2 Å². The van der Waals surface area contributed by atoms with Crippen LogP contribution in [0, 0.1) is 5.92 Å². The molecule has 0 radical (unpaired) electrons. The Kier molecular flexibility index (Phi) is 8.95. The van der Waals surface area contributed by atoms with Gasteiger partial charge in [-0.25, -0.2) is 0 Å². The molecule has 2 N–H and O–H groups in total. The minimum absolute atomic E-state index is 0.284. The molecule has 0 aliphatic heterocycles. The van der Waals surface area contributed by atoms with E-state index in [1.807, 2.05) is 0 Å². The molecular formula is C10H22O2. The number of aliphatic hydroxyl groups is 2. The highest BCUT2D eigenvalue weighted by Gasteiger charge is 2.05. The molecule has 0 spiro atoms. The van der Waals surface area contributed by atoms with Crippen molar-refractivity contribution >= 4 is 0 Å². The Bertz CT molecular complexity index is 83.9. The van der Waals surface area contributed by atoms with E-state index < -0.39 is 0 Å². The summed E-state index contributed by atoms with van der Waals surface area (Å²) >= 11 is 0. The zero-order chi connectivity index (χ0) is 9.23. The minimum atomic E-state index is 0.284. The third-order valence-electron chi connectivity index (χ3n) is 2.24. The summed E-state index contributed by atoms with van der Waals surface area (Å²) in [5.41, 5.74) is 0. The molecule has 0 unspecified atom stereocenters. The maximum atomic E-state index is 8.99. The molecule has 0 saturated heterocycles. The summed E-state index contributed by atoms with van der Waals surface area (Å²) in [5.74, 6) is 0.469. The smallest absolute Gasteiger partial charge is 0.0459 e.